The van der Waals surface area contributed by atoms with Gasteiger partial charge in [0.25, 0.3) is 0 Å². The van der Waals surface area contributed by atoms with E-state index in [4.69, 9.17) is 25.9 Å². The number of esters is 1. The molecule has 0 bridgehead atoms. The summed E-state index contributed by atoms with van der Waals surface area (Å²) in [6.07, 6.45) is 1.50. The normalized spacial score (nSPS) is 11.3. The van der Waals surface area contributed by atoms with Gasteiger partial charge in [-0.2, -0.15) is 0 Å². The van der Waals surface area contributed by atoms with Crippen LogP contribution in [0.4, 0.5) is 5.69 Å². The number of hydrogen-bond acceptors (Lipinski definition) is 7. The fourth-order valence-electron chi connectivity index (χ4n) is 1.82. The molecule has 0 spiro atoms. The number of hydrogen-bond donors (Lipinski definition) is 3. The van der Waals surface area contributed by atoms with E-state index in [0.29, 0.717) is 5.76 Å². The van der Waals surface area contributed by atoms with Crippen molar-refractivity contribution >= 4 is 45.9 Å². The quantitative estimate of drug-likeness (QED) is 0.405. The molecule has 1 aromatic heterocycles. The molecule has 0 amide bonds. The highest BCUT2D eigenvalue weighted by Gasteiger charge is 2.21. The van der Waals surface area contributed by atoms with Gasteiger partial charge in [0, 0.05) is 0 Å². The van der Waals surface area contributed by atoms with Gasteiger partial charge in [-0.3, -0.25) is 0 Å². The van der Waals surface area contributed by atoms with Crippen molar-refractivity contribution in [1.29, 1.82) is 0 Å². The van der Waals surface area contributed by atoms with E-state index in [9.17, 15) is 13.2 Å². The molecule has 0 aliphatic carbocycles. The van der Waals surface area contributed by atoms with Crippen LogP contribution in [0.3, 0.4) is 0 Å². The molecule has 0 atom stereocenters. The second-order valence-corrected chi connectivity index (χ2v) is 6.56. The Labute approximate surface area is 143 Å². The van der Waals surface area contributed by atoms with E-state index in [1.165, 1.54) is 12.3 Å². The standard InChI is InChI=1S/C13H13ClN2O5S2/c14-10-5-11(16-6-8-2-1-3-20-8)9(13(17)21-7-22)4-12(10)23(15,18)19/h1-5,16,22H,6-7H2,(H2,15,18,19). The van der Waals surface area contributed by atoms with Crippen molar-refractivity contribution in [2.75, 3.05) is 11.3 Å². The van der Waals surface area contributed by atoms with Crippen LogP contribution in [0, 0.1) is 0 Å². The van der Waals surface area contributed by atoms with Gasteiger partial charge < -0.3 is 14.5 Å². The van der Waals surface area contributed by atoms with Gasteiger partial charge in [-0.25, -0.2) is 18.4 Å². The second kappa shape index (κ2) is 7.26. The minimum Gasteiger partial charge on any atom is -0.467 e. The van der Waals surface area contributed by atoms with E-state index >= 15 is 0 Å². The molecule has 10 heteroatoms. The monoisotopic (exact) mass is 376 g/mol. The third-order valence-electron chi connectivity index (χ3n) is 2.83. The molecule has 1 heterocycles. The Morgan fingerprint density at radius 2 is 2.17 bits per heavy atom. The highest BCUT2D eigenvalue weighted by molar-refractivity contribution is 7.89. The topological polar surface area (TPSA) is 112 Å². The molecule has 0 saturated carbocycles. The zero-order valence-corrected chi connectivity index (χ0v) is 14.1. The first-order valence-electron chi connectivity index (χ1n) is 6.23. The SMILES string of the molecule is NS(=O)(=O)c1cc(C(=O)OCS)c(NCc2ccco2)cc1Cl. The number of ether oxygens (including phenoxy) is 1. The molecule has 0 radical (unpaired) electrons. The van der Waals surface area contributed by atoms with Gasteiger partial charge in [0.2, 0.25) is 10.0 Å². The van der Waals surface area contributed by atoms with Crippen LogP contribution in [0.1, 0.15) is 16.1 Å². The van der Waals surface area contributed by atoms with Gasteiger partial charge in [-0.1, -0.05) is 11.6 Å². The van der Waals surface area contributed by atoms with E-state index in [0.717, 1.165) is 6.07 Å². The minimum absolute atomic E-state index is 0.0287. The van der Waals surface area contributed by atoms with Crippen LogP contribution in [0.2, 0.25) is 5.02 Å². The zero-order valence-electron chi connectivity index (χ0n) is 11.7. The average Bonchev–Trinajstić information content (AvgIpc) is 2.97. The van der Waals surface area contributed by atoms with Crippen LogP contribution in [0.5, 0.6) is 0 Å². The number of nitrogens with two attached hydrogens (primary N) is 1. The Bertz CT molecular complexity index is 806. The van der Waals surface area contributed by atoms with Gasteiger partial charge in [-0.15, -0.1) is 12.6 Å². The van der Waals surface area contributed by atoms with Crippen molar-refractivity contribution in [1.82, 2.24) is 0 Å². The number of anilines is 1. The number of nitrogens with one attached hydrogen (secondary N) is 1. The molecule has 0 saturated heterocycles. The average molecular weight is 377 g/mol. The fraction of sp³-hybridized carbons (Fsp3) is 0.154. The van der Waals surface area contributed by atoms with Crippen molar-refractivity contribution in [3.05, 3.63) is 46.9 Å². The van der Waals surface area contributed by atoms with Crippen molar-refractivity contribution in [3.8, 4) is 0 Å². The number of primary sulfonamides is 1. The summed E-state index contributed by atoms with van der Waals surface area (Å²) >= 11 is 9.74. The van der Waals surface area contributed by atoms with Crippen molar-refractivity contribution in [2.45, 2.75) is 11.4 Å². The van der Waals surface area contributed by atoms with E-state index in [1.807, 2.05) is 0 Å². The van der Waals surface area contributed by atoms with Crippen LogP contribution < -0.4 is 10.5 Å². The van der Waals surface area contributed by atoms with E-state index in [-0.39, 0.29) is 33.7 Å². The maximum Gasteiger partial charge on any atom is 0.341 e. The van der Waals surface area contributed by atoms with E-state index < -0.39 is 16.0 Å². The summed E-state index contributed by atoms with van der Waals surface area (Å²) in [5.41, 5.74) is 0.254. The van der Waals surface area contributed by atoms with Crippen molar-refractivity contribution in [2.24, 2.45) is 5.14 Å². The molecule has 23 heavy (non-hydrogen) atoms. The van der Waals surface area contributed by atoms with Crippen LogP contribution in [-0.4, -0.2) is 20.3 Å². The van der Waals surface area contributed by atoms with E-state index in [1.54, 1.807) is 12.1 Å². The smallest absolute Gasteiger partial charge is 0.341 e. The summed E-state index contributed by atoms with van der Waals surface area (Å²) in [7, 11) is -4.08. The number of furan rings is 1. The lowest BCUT2D eigenvalue weighted by Gasteiger charge is -2.13. The molecule has 2 aromatic rings. The molecule has 3 N–H and O–H groups in total. The Hall–Kier alpha value is -1.68. The largest absolute Gasteiger partial charge is 0.467 e. The molecule has 1 aromatic carbocycles. The number of rotatable bonds is 6. The number of sulfonamides is 1. The predicted octanol–water partition coefficient (Wildman–Crippen LogP) is 2.24. The lowest BCUT2D eigenvalue weighted by atomic mass is 10.1. The van der Waals surface area contributed by atoms with Gasteiger partial charge in [-0.05, 0) is 24.3 Å². The first-order valence-corrected chi connectivity index (χ1v) is 8.79. The summed E-state index contributed by atoms with van der Waals surface area (Å²) in [6, 6.07) is 5.80. The van der Waals surface area contributed by atoms with Crippen molar-refractivity contribution < 1.29 is 22.4 Å². The number of thiol groups is 1. The Morgan fingerprint density at radius 3 is 2.74 bits per heavy atom. The number of halogens is 1. The van der Waals surface area contributed by atoms with Crippen LogP contribution >= 0.6 is 24.2 Å². The Balaban J connectivity index is 2.42. The summed E-state index contributed by atoms with van der Waals surface area (Å²) in [4.78, 5) is 11.6. The maximum absolute atomic E-state index is 12.0. The molecule has 124 valence electrons. The Kier molecular flexibility index (Phi) is 5.58. The highest BCUT2D eigenvalue weighted by Crippen LogP contribution is 2.29. The lowest BCUT2D eigenvalue weighted by molar-refractivity contribution is 0.0581. The predicted molar refractivity (Wildman–Crippen MR) is 88.1 cm³/mol. The van der Waals surface area contributed by atoms with Gasteiger partial charge in [0.1, 0.15) is 16.6 Å². The highest BCUT2D eigenvalue weighted by atomic mass is 35.5. The number of carbonyl (C=O) groups is 1. The van der Waals surface area contributed by atoms with Gasteiger partial charge in [0.15, 0.2) is 0 Å². The Morgan fingerprint density at radius 1 is 1.43 bits per heavy atom. The number of benzene rings is 1. The molecule has 0 unspecified atom stereocenters. The van der Waals surface area contributed by atoms with Gasteiger partial charge in [0.05, 0.1) is 29.1 Å². The van der Waals surface area contributed by atoms with E-state index in [2.05, 4.69) is 17.9 Å². The molecule has 0 aliphatic rings. The summed E-state index contributed by atoms with van der Waals surface area (Å²) in [5, 5.41) is 7.91. The summed E-state index contributed by atoms with van der Waals surface area (Å²) in [5.74, 6) is -0.308. The van der Waals surface area contributed by atoms with Crippen molar-refractivity contribution in [3.63, 3.8) is 0 Å². The lowest BCUT2D eigenvalue weighted by Crippen LogP contribution is -2.16. The maximum atomic E-state index is 12.0. The van der Waals surface area contributed by atoms with Crippen LogP contribution in [0.25, 0.3) is 0 Å². The van der Waals surface area contributed by atoms with Crippen LogP contribution in [-0.2, 0) is 21.3 Å². The molecular weight excluding hydrogens is 364 g/mol. The summed E-state index contributed by atoms with van der Waals surface area (Å²) in [6.45, 7) is 0.263. The van der Waals surface area contributed by atoms with Gasteiger partial charge >= 0.3 is 5.97 Å². The minimum atomic E-state index is -4.08. The molecular formula is C13H13ClN2O5S2. The zero-order chi connectivity index (χ0) is 17.0. The fourth-order valence-corrected chi connectivity index (χ4v) is 3.03. The third kappa shape index (κ3) is 4.41. The third-order valence-corrected chi connectivity index (χ3v) is 4.33. The molecule has 2 rings (SSSR count). The molecule has 0 fully saturated rings. The first-order chi connectivity index (χ1) is 10.8. The second-order valence-electron chi connectivity index (χ2n) is 4.37. The van der Waals surface area contributed by atoms with Crippen LogP contribution in [0.15, 0.2) is 39.8 Å². The number of carbonyl (C=O) groups excluding carboxylic acids is 1. The molecule has 7 nitrogen and oxygen atoms in total. The first kappa shape index (κ1) is 17.7. The summed E-state index contributed by atoms with van der Waals surface area (Å²) < 4.78 is 33.0. The molecule has 0 aliphatic heterocycles.